The first-order chi connectivity index (χ1) is 9.20. The molecule has 19 heavy (non-hydrogen) atoms. The van der Waals surface area contributed by atoms with Crippen molar-refractivity contribution in [3.05, 3.63) is 50.3 Å². The van der Waals surface area contributed by atoms with Crippen molar-refractivity contribution in [3.8, 4) is 6.07 Å². The van der Waals surface area contributed by atoms with E-state index >= 15 is 0 Å². The van der Waals surface area contributed by atoms with Gasteiger partial charge < -0.3 is 5.32 Å². The van der Waals surface area contributed by atoms with Gasteiger partial charge in [0.25, 0.3) is 0 Å². The Morgan fingerprint density at radius 2 is 2.42 bits per heavy atom. The molecule has 2 aromatic heterocycles. The number of anilines is 1. The van der Waals surface area contributed by atoms with Crippen LogP contribution in [0.25, 0.3) is 0 Å². The number of aromatic nitrogens is 1. The van der Waals surface area contributed by atoms with E-state index in [-0.39, 0.29) is 17.1 Å². The van der Waals surface area contributed by atoms with E-state index in [0.29, 0.717) is 6.54 Å². The molecule has 0 atom stereocenters. The summed E-state index contributed by atoms with van der Waals surface area (Å²) < 4.78 is 0. The standard InChI is InChI=1S/C12H10N4O2S/c13-6-10-5-11(16(17)18)12(15-7-10)14-3-1-9-2-4-19-8-9/h2,4-5,7-8H,1,3H2,(H,14,15). The molecule has 2 aromatic rings. The molecule has 0 amide bonds. The lowest BCUT2D eigenvalue weighted by Gasteiger charge is -2.05. The fourth-order valence-corrected chi connectivity index (χ4v) is 2.25. The maximum atomic E-state index is 10.9. The SMILES string of the molecule is N#Cc1cnc(NCCc2ccsc2)c([N+](=O)[O-])c1. The third-order valence-corrected chi connectivity index (χ3v) is 3.21. The summed E-state index contributed by atoms with van der Waals surface area (Å²) in [5.41, 5.74) is 1.17. The second-order valence-corrected chi connectivity index (χ2v) is 4.55. The van der Waals surface area contributed by atoms with E-state index in [1.165, 1.54) is 17.8 Å². The highest BCUT2D eigenvalue weighted by Gasteiger charge is 2.15. The Morgan fingerprint density at radius 3 is 3.05 bits per heavy atom. The molecule has 2 heterocycles. The lowest BCUT2D eigenvalue weighted by Crippen LogP contribution is -2.08. The molecule has 0 aromatic carbocycles. The molecule has 0 aliphatic rings. The fraction of sp³-hybridized carbons (Fsp3) is 0.167. The second kappa shape index (κ2) is 5.93. The Morgan fingerprint density at radius 1 is 1.58 bits per heavy atom. The lowest BCUT2D eigenvalue weighted by molar-refractivity contribution is -0.384. The summed E-state index contributed by atoms with van der Waals surface area (Å²) in [6.45, 7) is 0.552. The Hall–Kier alpha value is -2.46. The largest absolute Gasteiger partial charge is 0.364 e. The maximum absolute atomic E-state index is 10.9. The molecule has 96 valence electrons. The van der Waals surface area contributed by atoms with Gasteiger partial charge in [-0.25, -0.2) is 4.98 Å². The Labute approximate surface area is 113 Å². The van der Waals surface area contributed by atoms with Crippen LogP contribution >= 0.6 is 11.3 Å². The summed E-state index contributed by atoms with van der Waals surface area (Å²) in [4.78, 5) is 14.3. The predicted molar refractivity (Wildman–Crippen MR) is 72.1 cm³/mol. The van der Waals surface area contributed by atoms with Crippen LogP contribution in [0.1, 0.15) is 11.1 Å². The van der Waals surface area contributed by atoms with E-state index in [1.807, 2.05) is 22.9 Å². The molecule has 0 radical (unpaired) electrons. The van der Waals surface area contributed by atoms with Gasteiger partial charge in [0.2, 0.25) is 5.82 Å². The summed E-state index contributed by atoms with van der Waals surface area (Å²) in [6.07, 6.45) is 2.09. The van der Waals surface area contributed by atoms with Crippen LogP contribution in [0, 0.1) is 21.4 Å². The van der Waals surface area contributed by atoms with Crippen molar-refractivity contribution in [2.75, 3.05) is 11.9 Å². The van der Waals surface area contributed by atoms with Gasteiger partial charge in [0, 0.05) is 18.8 Å². The molecule has 1 N–H and O–H groups in total. The Balaban J connectivity index is 2.07. The number of rotatable bonds is 5. The third-order valence-electron chi connectivity index (χ3n) is 2.48. The minimum absolute atomic E-state index is 0.176. The van der Waals surface area contributed by atoms with Gasteiger partial charge in [0.15, 0.2) is 0 Å². The van der Waals surface area contributed by atoms with Crippen LogP contribution in [0.2, 0.25) is 0 Å². The molecule has 2 rings (SSSR count). The number of nitrogens with zero attached hydrogens (tertiary/aromatic N) is 3. The van der Waals surface area contributed by atoms with Crippen LogP contribution in [0.3, 0.4) is 0 Å². The summed E-state index contributed by atoms with van der Waals surface area (Å²) in [7, 11) is 0. The van der Waals surface area contributed by atoms with Crippen molar-refractivity contribution in [2.24, 2.45) is 0 Å². The third kappa shape index (κ3) is 3.26. The van der Waals surface area contributed by atoms with E-state index in [1.54, 1.807) is 11.3 Å². The summed E-state index contributed by atoms with van der Waals surface area (Å²) in [5.74, 6) is 0.194. The molecule has 0 unspecified atom stereocenters. The van der Waals surface area contributed by atoms with E-state index in [2.05, 4.69) is 10.3 Å². The number of thiophene rings is 1. The lowest BCUT2D eigenvalue weighted by atomic mass is 10.2. The maximum Gasteiger partial charge on any atom is 0.312 e. The van der Waals surface area contributed by atoms with E-state index < -0.39 is 4.92 Å². The topological polar surface area (TPSA) is 91.8 Å². The predicted octanol–water partition coefficient (Wildman–Crippen LogP) is 2.58. The molecule has 0 fully saturated rings. The molecular weight excluding hydrogens is 264 g/mol. The molecular formula is C12H10N4O2S. The first-order valence-electron chi connectivity index (χ1n) is 5.50. The minimum atomic E-state index is -0.541. The molecule has 0 bridgehead atoms. The summed E-state index contributed by atoms with van der Waals surface area (Å²) in [6, 6.07) is 5.06. The van der Waals surface area contributed by atoms with Crippen LogP contribution in [0.15, 0.2) is 29.1 Å². The average molecular weight is 274 g/mol. The molecule has 0 aliphatic heterocycles. The van der Waals surface area contributed by atoms with Crippen LogP contribution in [-0.2, 0) is 6.42 Å². The van der Waals surface area contributed by atoms with Crippen LogP contribution in [0.5, 0.6) is 0 Å². The van der Waals surface area contributed by atoms with E-state index in [4.69, 9.17) is 5.26 Å². The van der Waals surface area contributed by atoms with Crippen LogP contribution in [0.4, 0.5) is 11.5 Å². The highest BCUT2D eigenvalue weighted by molar-refractivity contribution is 7.07. The van der Waals surface area contributed by atoms with Gasteiger partial charge in [-0.2, -0.15) is 16.6 Å². The minimum Gasteiger partial charge on any atom is -0.364 e. The summed E-state index contributed by atoms with van der Waals surface area (Å²) in [5, 5.41) is 26.5. The van der Waals surface area contributed by atoms with Crippen molar-refractivity contribution >= 4 is 22.8 Å². The zero-order valence-electron chi connectivity index (χ0n) is 9.87. The van der Waals surface area contributed by atoms with E-state index in [0.717, 1.165) is 6.42 Å². The molecule has 0 saturated carbocycles. The highest BCUT2D eigenvalue weighted by atomic mass is 32.1. The monoisotopic (exact) mass is 274 g/mol. The average Bonchev–Trinajstić information content (AvgIpc) is 2.92. The van der Waals surface area contributed by atoms with E-state index in [9.17, 15) is 10.1 Å². The Kier molecular flexibility index (Phi) is 4.05. The molecule has 0 spiro atoms. The Bertz CT molecular complexity index is 619. The number of pyridine rings is 1. The molecule has 6 nitrogen and oxygen atoms in total. The number of nitriles is 1. The van der Waals surface area contributed by atoms with Gasteiger partial charge in [-0.1, -0.05) is 0 Å². The van der Waals surface area contributed by atoms with Gasteiger partial charge in [-0.05, 0) is 28.8 Å². The first kappa shape index (κ1) is 13.0. The number of nitro groups is 1. The van der Waals surface area contributed by atoms with Crippen molar-refractivity contribution in [3.63, 3.8) is 0 Å². The molecule has 0 aliphatic carbocycles. The van der Waals surface area contributed by atoms with Gasteiger partial charge in [0.1, 0.15) is 6.07 Å². The summed E-state index contributed by atoms with van der Waals surface area (Å²) >= 11 is 1.61. The van der Waals surface area contributed by atoms with Crippen molar-refractivity contribution in [1.29, 1.82) is 5.26 Å². The zero-order valence-corrected chi connectivity index (χ0v) is 10.7. The number of nitrogens with one attached hydrogen (secondary N) is 1. The van der Waals surface area contributed by atoms with Crippen molar-refractivity contribution in [1.82, 2.24) is 4.98 Å². The van der Waals surface area contributed by atoms with Gasteiger partial charge in [-0.15, -0.1) is 0 Å². The normalized spacial score (nSPS) is 9.84. The van der Waals surface area contributed by atoms with Gasteiger partial charge in [-0.3, -0.25) is 10.1 Å². The number of hydrogen-bond donors (Lipinski definition) is 1. The smallest absolute Gasteiger partial charge is 0.312 e. The fourth-order valence-electron chi connectivity index (χ4n) is 1.55. The van der Waals surface area contributed by atoms with Crippen molar-refractivity contribution < 1.29 is 4.92 Å². The zero-order chi connectivity index (χ0) is 13.7. The highest BCUT2D eigenvalue weighted by Crippen LogP contribution is 2.22. The second-order valence-electron chi connectivity index (χ2n) is 3.77. The van der Waals surface area contributed by atoms with Crippen molar-refractivity contribution in [2.45, 2.75) is 6.42 Å². The molecule has 0 saturated heterocycles. The molecule has 7 heteroatoms. The van der Waals surface area contributed by atoms with Gasteiger partial charge in [0.05, 0.1) is 10.5 Å². The van der Waals surface area contributed by atoms with Gasteiger partial charge >= 0.3 is 5.69 Å². The first-order valence-corrected chi connectivity index (χ1v) is 6.44. The van der Waals surface area contributed by atoms with Crippen LogP contribution in [-0.4, -0.2) is 16.5 Å². The quantitative estimate of drug-likeness (QED) is 0.668. The number of hydrogen-bond acceptors (Lipinski definition) is 6. The van der Waals surface area contributed by atoms with Crippen LogP contribution < -0.4 is 5.32 Å².